The summed E-state index contributed by atoms with van der Waals surface area (Å²) in [5.41, 5.74) is 1.17. The van der Waals surface area contributed by atoms with Gasteiger partial charge >= 0.3 is 0 Å². The van der Waals surface area contributed by atoms with Gasteiger partial charge in [-0.2, -0.15) is 0 Å². The summed E-state index contributed by atoms with van der Waals surface area (Å²) in [6.07, 6.45) is 0. The van der Waals surface area contributed by atoms with Crippen molar-refractivity contribution in [1.82, 2.24) is 0 Å². The minimum Gasteiger partial charge on any atom is -0.497 e. The first kappa shape index (κ1) is 16.2. The molecule has 0 unspecified atom stereocenters. The van der Waals surface area contributed by atoms with Crippen LogP contribution in [0.5, 0.6) is 17.2 Å². The molecule has 2 aromatic carbocycles. The Balaban J connectivity index is 2.01. The lowest BCUT2D eigenvalue weighted by Gasteiger charge is -2.22. The SMILES string of the molecule is CCN(CCOC)c1ccc(Oc2ccc(OC)cc2)cc1. The summed E-state index contributed by atoms with van der Waals surface area (Å²) in [6, 6.07) is 15.6. The van der Waals surface area contributed by atoms with Crippen molar-refractivity contribution in [3.8, 4) is 17.2 Å². The van der Waals surface area contributed by atoms with Crippen molar-refractivity contribution < 1.29 is 14.2 Å². The Morgan fingerprint density at radius 3 is 1.86 bits per heavy atom. The van der Waals surface area contributed by atoms with Crippen molar-refractivity contribution in [2.45, 2.75) is 6.92 Å². The summed E-state index contributed by atoms with van der Waals surface area (Å²) in [5, 5.41) is 0. The average molecular weight is 301 g/mol. The van der Waals surface area contributed by atoms with Crippen LogP contribution in [0.4, 0.5) is 5.69 Å². The fourth-order valence-electron chi connectivity index (χ4n) is 2.18. The molecule has 2 rings (SSSR count). The number of methoxy groups -OCH3 is 2. The number of ether oxygens (including phenoxy) is 3. The first-order valence-electron chi connectivity index (χ1n) is 7.42. The first-order chi connectivity index (χ1) is 10.8. The Morgan fingerprint density at radius 1 is 0.818 bits per heavy atom. The quantitative estimate of drug-likeness (QED) is 0.738. The van der Waals surface area contributed by atoms with E-state index in [-0.39, 0.29) is 0 Å². The minimum absolute atomic E-state index is 0.720. The largest absolute Gasteiger partial charge is 0.497 e. The lowest BCUT2D eigenvalue weighted by molar-refractivity contribution is 0.205. The van der Waals surface area contributed by atoms with Gasteiger partial charge in [-0.05, 0) is 55.5 Å². The Labute approximate surface area is 132 Å². The highest BCUT2D eigenvalue weighted by Gasteiger charge is 2.04. The second kappa shape index (κ2) is 8.29. The molecule has 0 fully saturated rings. The van der Waals surface area contributed by atoms with Crippen LogP contribution in [0.3, 0.4) is 0 Å². The fourth-order valence-corrected chi connectivity index (χ4v) is 2.18. The number of likely N-dealkylation sites (N-methyl/N-ethyl adjacent to an activating group) is 1. The fraction of sp³-hybridized carbons (Fsp3) is 0.333. The molecule has 0 heterocycles. The Kier molecular flexibility index (Phi) is 6.10. The highest BCUT2D eigenvalue weighted by Crippen LogP contribution is 2.26. The van der Waals surface area contributed by atoms with Gasteiger partial charge in [0.25, 0.3) is 0 Å². The summed E-state index contributed by atoms with van der Waals surface area (Å²) in [4.78, 5) is 2.26. The van der Waals surface area contributed by atoms with Crippen molar-refractivity contribution in [1.29, 1.82) is 0 Å². The van der Waals surface area contributed by atoms with E-state index < -0.39 is 0 Å². The number of rotatable bonds is 8. The standard InChI is InChI=1S/C18H23NO3/c1-4-19(13-14-20-2)15-5-7-17(8-6-15)22-18-11-9-16(21-3)10-12-18/h5-12H,4,13-14H2,1-3H3. The van der Waals surface area contributed by atoms with Crippen molar-refractivity contribution in [3.63, 3.8) is 0 Å². The molecule has 0 radical (unpaired) electrons. The number of hydrogen-bond acceptors (Lipinski definition) is 4. The Morgan fingerprint density at radius 2 is 1.36 bits per heavy atom. The average Bonchev–Trinajstić information content (AvgIpc) is 2.57. The predicted octanol–water partition coefficient (Wildman–Crippen LogP) is 3.96. The van der Waals surface area contributed by atoms with Gasteiger partial charge in [0.2, 0.25) is 0 Å². The van der Waals surface area contributed by atoms with Crippen LogP contribution in [0.15, 0.2) is 48.5 Å². The number of benzene rings is 2. The lowest BCUT2D eigenvalue weighted by Crippen LogP contribution is -2.26. The third kappa shape index (κ3) is 4.40. The topological polar surface area (TPSA) is 30.9 Å². The maximum Gasteiger partial charge on any atom is 0.127 e. The molecule has 0 N–H and O–H groups in total. The maximum atomic E-state index is 5.83. The zero-order valence-electron chi connectivity index (χ0n) is 13.4. The zero-order chi connectivity index (χ0) is 15.8. The third-order valence-electron chi connectivity index (χ3n) is 3.44. The lowest BCUT2D eigenvalue weighted by atomic mass is 10.2. The van der Waals surface area contributed by atoms with E-state index in [1.165, 1.54) is 5.69 Å². The van der Waals surface area contributed by atoms with Gasteiger partial charge in [-0.1, -0.05) is 0 Å². The normalized spacial score (nSPS) is 10.3. The van der Waals surface area contributed by atoms with Gasteiger partial charge in [-0.25, -0.2) is 0 Å². The van der Waals surface area contributed by atoms with E-state index in [1.807, 2.05) is 36.4 Å². The summed E-state index contributed by atoms with van der Waals surface area (Å²) < 4.78 is 16.1. The van der Waals surface area contributed by atoms with Crippen molar-refractivity contribution >= 4 is 5.69 Å². The van der Waals surface area contributed by atoms with Crippen LogP contribution in [0, 0.1) is 0 Å². The summed E-state index contributed by atoms with van der Waals surface area (Å²) in [6.45, 7) is 4.68. The van der Waals surface area contributed by atoms with Gasteiger partial charge in [0.15, 0.2) is 0 Å². The first-order valence-corrected chi connectivity index (χ1v) is 7.42. The molecule has 2 aromatic rings. The molecule has 4 heteroatoms. The van der Waals surface area contributed by atoms with Gasteiger partial charge in [-0.15, -0.1) is 0 Å². The van der Waals surface area contributed by atoms with E-state index in [0.717, 1.165) is 36.9 Å². The van der Waals surface area contributed by atoms with E-state index in [1.54, 1.807) is 14.2 Å². The molecule has 0 saturated carbocycles. The van der Waals surface area contributed by atoms with Crippen LogP contribution in [0.25, 0.3) is 0 Å². The van der Waals surface area contributed by atoms with Crippen LogP contribution in [0.1, 0.15) is 6.92 Å². The van der Waals surface area contributed by atoms with E-state index in [2.05, 4.69) is 24.0 Å². The molecule has 0 aliphatic heterocycles. The molecule has 0 amide bonds. The molecular formula is C18H23NO3. The molecule has 22 heavy (non-hydrogen) atoms. The molecule has 0 atom stereocenters. The van der Waals surface area contributed by atoms with Crippen LogP contribution in [0.2, 0.25) is 0 Å². The highest BCUT2D eigenvalue weighted by molar-refractivity contribution is 5.49. The molecule has 0 spiro atoms. The van der Waals surface area contributed by atoms with E-state index >= 15 is 0 Å². The highest BCUT2D eigenvalue weighted by atomic mass is 16.5. The summed E-state index contributed by atoms with van der Waals surface area (Å²) in [7, 11) is 3.37. The van der Waals surface area contributed by atoms with Gasteiger partial charge in [0, 0.05) is 25.9 Å². The van der Waals surface area contributed by atoms with E-state index in [0.29, 0.717) is 0 Å². The van der Waals surface area contributed by atoms with Crippen molar-refractivity contribution in [3.05, 3.63) is 48.5 Å². The zero-order valence-corrected chi connectivity index (χ0v) is 13.4. The monoisotopic (exact) mass is 301 g/mol. The molecule has 0 aromatic heterocycles. The molecular weight excluding hydrogens is 278 g/mol. The van der Waals surface area contributed by atoms with E-state index in [9.17, 15) is 0 Å². The van der Waals surface area contributed by atoms with Gasteiger partial charge in [0.1, 0.15) is 17.2 Å². The molecule has 118 valence electrons. The number of anilines is 1. The molecule has 4 nitrogen and oxygen atoms in total. The van der Waals surface area contributed by atoms with Crippen LogP contribution >= 0.6 is 0 Å². The molecule has 0 bridgehead atoms. The second-order valence-electron chi connectivity index (χ2n) is 4.84. The summed E-state index contributed by atoms with van der Waals surface area (Å²) in [5.74, 6) is 2.43. The van der Waals surface area contributed by atoms with Crippen LogP contribution in [-0.4, -0.2) is 33.9 Å². The van der Waals surface area contributed by atoms with Crippen LogP contribution in [-0.2, 0) is 4.74 Å². The van der Waals surface area contributed by atoms with Gasteiger partial charge < -0.3 is 19.1 Å². The maximum absolute atomic E-state index is 5.83. The van der Waals surface area contributed by atoms with Gasteiger partial charge in [-0.3, -0.25) is 0 Å². The van der Waals surface area contributed by atoms with Crippen LogP contribution < -0.4 is 14.4 Å². The van der Waals surface area contributed by atoms with Crippen molar-refractivity contribution in [2.75, 3.05) is 38.8 Å². The van der Waals surface area contributed by atoms with E-state index in [4.69, 9.17) is 14.2 Å². The predicted molar refractivity (Wildman–Crippen MR) is 89.3 cm³/mol. The second-order valence-corrected chi connectivity index (χ2v) is 4.84. The molecule has 0 aliphatic rings. The van der Waals surface area contributed by atoms with Crippen molar-refractivity contribution in [2.24, 2.45) is 0 Å². The minimum atomic E-state index is 0.720. The molecule has 0 aliphatic carbocycles. The third-order valence-corrected chi connectivity index (χ3v) is 3.44. The van der Waals surface area contributed by atoms with Gasteiger partial charge in [0.05, 0.1) is 13.7 Å². The number of nitrogens with zero attached hydrogens (tertiary/aromatic N) is 1. The summed E-state index contributed by atoms with van der Waals surface area (Å²) >= 11 is 0. The molecule has 0 saturated heterocycles. The smallest absolute Gasteiger partial charge is 0.127 e. The number of hydrogen-bond donors (Lipinski definition) is 0. The Bertz CT molecular complexity index is 552. The Hall–Kier alpha value is -2.20.